The number of amides is 1. The van der Waals surface area contributed by atoms with Gasteiger partial charge in [-0.2, -0.15) is 4.68 Å². The maximum atomic E-state index is 12.0. The fourth-order valence-electron chi connectivity index (χ4n) is 2.02. The summed E-state index contributed by atoms with van der Waals surface area (Å²) in [5.41, 5.74) is 1.55. The zero-order chi connectivity index (χ0) is 16.1. The molecule has 0 aliphatic rings. The van der Waals surface area contributed by atoms with Crippen molar-refractivity contribution in [2.24, 2.45) is 0 Å². The zero-order valence-electron chi connectivity index (χ0n) is 12.5. The molecule has 0 saturated carbocycles. The van der Waals surface area contributed by atoms with E-state index in [1.165, 1.54) is 4.88 Å². The van der Waals surface area contributed by atoms with Gasteiger partial charge < -0.3 is 5.32 Å². The van der Waals surface area contributed by atoms with Crippen LogP contribution in [0.3, 0.4) is 0 Å². The number of nitrogens with zero attached hydrogens (tertiary/aromatic N) is 4. The lowest BCUT2D eigenvalue weighted by Crippen LogP contribution is -2.14. The molecule has 1 aromatic carbocycles. The van der Waals surface area contributed by atoms with Crippen LogP contribution in [-0.4, -0.2) is 31.9 Å². The first kappa shape index (κ1) is 15.7. The highest BCUT2D eigenvalue weighted by Crippen LogP contribution is 2.18. The highest BCUT2D eigenvalue weighted by Gasteiger charge is 2.07. The minimum Gasteiger partial charge on any atom is -0.325 e. The summed E-state index contributed by atoms with van der Waals surface area (Å²) in [5.74, 6) is 1.96. The second-order valence-corrected chi connectivity index (χ2v) is 6.83. The van der Waals surface area contributed by atoms with Gasteiger partial charge in [0.25, 0.3) is 0 Å². The van der Waals surface area contributed by atoms with Crippen LogP contribution in [-0.2, 0) is 10.5 Å². The number of hydrogen-bond donors (Lipinski definition) is 1. The highest BCUT2D eigenvalue weighted by atomic mass is 32.2. The number of nitrogens with one attached hydrogen (secondary N) is 1. The van der Waals surface area contributed by atoms with Gasteiger partial charge in [0, 0.05) is 16.3 Å². The number of aryl methyl sites for hydroxylation is 1. The first-order valence-corrected chi connectivity index (χ1v) is 9.01. The summed E-state index contributed by atoms with van der Waals surface area (Å²) in [7, 11) is 0. The molecule has 2 aromatic heterocycles. The van der Waals surface area contributed by atoms with Crippen molar-refractivity contribution in [2.45, 2.75) is 12.7 Å². The van der Waals surface area contributed by atoms with Crippen LogP contribution in [0.15, 0.2) is 41.8 Å². The molecular formula is C15H15N5OS2. The van der Waals surface area contributed by atoms with E-state index < -0.39 is 0 Å². The molecule has 3 aromatic rings. The zero-order valence-corrected chi connectivity index (χ0v) is 14.1. The molecule has 1 N–H and O–H groups in total. The Kier molecular flexibility index (Phi) is 5.04. The monoisotopic (exact) mass is 345 g/mol. The molecule has 8 heteroatoms. The third-order valence-corrected chi connectivity index (χ3v) is 5.10. The molecule has 3 rings (SSSR count). The Morgan fingerprint density at radius 1 is 1.35 bits per heavy atom. The van der Waals surface area contributed by atoms with Crippen LogP contribution in [0.1, 0.15) is 10.7 Å². The van der Waals surface area contributed by atoms with Crippen LogP contribution in [0.5, 0.6) is 0 Å². The van der Waals surface area contributed by atoms with Crippen LogP contribution in [0.4, 0.5) is 5.69 Å². The summed E-state index contributed by atoms with van der Waals surface area (Å²) >= 11 is 3.31. The number of anilines is 1. The van der Waals surface area contributed by atoms with Crippen LogP contribution >= 0.6 is 23.1 Å². The first-order chi connectivity index (χ1) is 11.2. The Balaban J connectivity index is 1.57. The van der Waals surface area contributed by atoms with Crippen molar-refractivity contribution < 1.29 is 4.79 Å². The van der Waals surface area contributed by atoms with E-state index >= 15 is 0 Å². The highest BCUT2D eigenvalue weighted by molar-refractivity contribution is 7.99. The standard InChI is InChI=1S/C15H15N5OS2/c1-11-17-18-19-20(11)13-5-2-4-12(8-13)16-15(21)10-22-9-14-6-3-7-23-14/h2-8H,9-10H2,1H3,(H,16,21). The Morgan fingerprint density at radius 3 is 3.00 bits per heavy atom. The third kappa shape index (κ3) is 4.17. The van der Waals surface area contributed by atoms with Gasteiger partial charge in [0.2, 0.25) is 5.91 Å². The summed E-state index contributed by atoms with van der Waals surface area (Å²) in [4.78, 5) is 13.3. The van der Waals surface area contributed by atoms with Crippen molar-refractivity contribution in [3.05, 3.63) is 52.5 Å². The Hall–Kier alpha value is -2.19. The SMILES string of the molecule is Cc1nnnn1-c1cccc(NC(=O)CSCc2cccs2)c1. The first-order valence-electron chi connectivity index (χ1n) is 6.98. The van der Waals surface area contributed by atoms with E-state index in [9.17, 15) is 4.79 Å². The van der Waals surface area contributed by atoms with E-state index in [-0.39, 0.29) is 5.91 Å². The van der Waals surface area contributed by atoms with Crippen molar-refractivity contribution in [2.75, 3.05) is 11.1 Å². The summed E-state index contributed by atoms with van der Waals surface area (Å²) < 4.78 is 1.63. The molecule has 2 heterocycles. The van der Waals surface area contributed by atoms with Gasteiger partial charge in [-0.15, -0.1) is 28.2 Å². The molecule has 6 nitrogen and oxygen atoms in total. The molecule has 0 fully saturated rings. The number of aromatic nitrogens is 4. The largest absolute Gasteiger partial charge is 0.325 e. The molecule has 0 aliphatic heterocycles. The average molecular weight is 345 g/mol. The maximum Gasteiger partial charge on any atom is 0.234 e. The second kappa shape index (κ2) is 7.38. The third-order valence-electron chi connectivity index (χ3n) is 3.06. The number of hydrogen-bond acceptors (Lipinski definition) is 6. The fraction of sp³-hybridized carbons (Fsp3) is 0.200. The van der Waals surface area contributed by atoms with Crippen LogP contribution in [0.2, 0.25) is 0 Å². The molecule has 0 bridgehead atoms. The number of thioether (sulfide) groups is 1. The molecule has 0 saturated heterocycles. The van der Waals surface area contributed by atoms with Crippen LogP contribution in [0, 0.1) is 6.92 Å². The number of carbonyl (C=O) groups excluding carboxylic acids is 1. The summed E-state index contributed by atoms with van der Waals surface area (Å²) in [6.07, 6.45) is 0. The maximum absolute atomic E-state index is 12.0. The summed E-state index contributed by atoms with van der Waals surface area (Å²) in [6, 6.07) is 11.6. The predicted molar refractivity (Wildman–Crippen MR) is 93.0 cm³/mol. The Labute approximate surface area is 141 Å². The van der Waals surface area contributed by atoms with Crippen molar-refractivity contribution in [1.29, 1.82) is 0 Å². The van der Waals surface area contributed by atoms with Crippen molar-refractivity contribution in [1.82, 2.24) is 20.2 Å². The molecule has 0 atom stereocenters. The average Bonchev–Trinajstić information content (AvgIpc) is 3.19. The van der Waals surface area contributed by atoms with E-state index in [0.717, 1.165) is 17.1 Å². The number of carbonyl (C=O) groups is 1. The molecule has 1 amide bonds. The van der Waals surface area contributed by atoms with E-state index in [1.807, 2.05) is 42.6 Å². The molecule has 0 spiro atoms. The minimum absolute atomic E-state index is 0.0165. The smallest absolute Gasteiger partial charge is 0.234 e. The van der Waals surface area contributed by atoms with E-state index in [0.29, 0.717) is 11.6 Å². The van der Waals surface area contributed by atoms with Gasteiger partial charge >= 0.3 is 0 Å². The van der Waals surface area contributed by atoms with Crippen molar-refractivity contribution >= 4 is 34.7 Å². The molecule has 118 valence electrons. The number of rotatable bonds is 6. The van der Waals surface area contributed by atoms with E-state index in [4.69, 9.17) is 0 Å². The molecule has 0 aliphatic carbocycles. The van der Waals surface area contributed by atoms with Gasteiger partial charge in [-0.3, -0.25) is 4.79 Å². The lowest BCUT2D eigenvalue weighted by atomic mass is 10.2. The fourth-order valence-corrected chi connectivity index (χ4v) is 3.69. The quantitative estimate of drug-likeness (QED) is 0.744. The summed E-state index contributed by atoms with van der Waals surface area (Å²) in [6.45, 7) is 1.83. The number of thiophene rings is 1. The second-order valence-electron chi connectivity index (χ2n) is 4.81. The molecule has 0 radical (unpaired) electrons. The molecule has 23 heavy (non-hydrogen) atoms. The minimum atomic E-state index is -0.0165. The molecular weight excluding hydrogens is 330 g/mol. The normalized spacial score (nSPS) is 10.7. The van der Waals surface area contributed by atoms with Crippen molar-refractivity contribution in [3.63, 3.8) is 0 Å². The molecule has 0 unspecified atom stereocenters. The van der Waals surface area contributed by atoms with Crippen LogP contribution < -0.4 is 5.32 Å². The summed E-state index contributed by atoms with van der Waals surface area (Å²) in [5, 5.41) is 16.4. The van der Waals surface area contributed by atoms with Crippen LogP contribution in [0.25, 0.3) is 5.69 Å². The lowest BCUT2D eigenvalue weighted by Gasteiger charge is -2.07. The Morgan fingerprint density at radius 2 is 2.26 bits per heavy atom. The van der Waals surface area contributed by atoms with Gasteiger partial charge in [0.1, 0.15) is 0 Å². The van der Waals surface area contributed by atoms with Crippen molar-refractivity contribution in [3.8, 4) is 5.69 Å². The van der Waals surface area contributed by atoms with Gasteiger partial charge in [-0.05, 0) is 47.0 Å². The topological polar surface area (TPSA) is 72.7 Å². The van der Waals surface area contributed by atoms with E-state index in [2.05, 4.69) is 26.9 Å². The van der Waals surface area contributed by atoms with Gasteiger partial charge in [0.05, 0.1) is 11.4 Å². The van der Waals surface area contributed by atoms with Gasteiger partial charge in [-0.25, -0.2) is 0 Å². The van der Waals surface area contributed by atoms with E-state index in [1.54, 1.807) is 27.8 Å². The number of tetrazole rings is 1. The Bertz CT molecular complexity index is 785. The number of benzene rings is 1. The lowest BCUT2D eigenvalue weighted by molar-refractivity contribution is -0.113. The van der Waals surface area contributed by atoms with Gasteiger partial charge in [-0.1, -0.05) is 12.1 Å². The predicted octanol–water partition coefficient (Wildman–Crippen LogP) is 2.90. The van der Waals surface area contributed by atoms with Gasteiger partial charge in [0.15, 0.2) is 5.82 Å².